The topological polar surface area (TPSA) is 38.7 Å². The van der Waals surface area contributed by atoms with E-state index in [1.54, 1.807) is 6.07 Å². The summed E-state index contributed by atoms with van der Waals surface area (Å²) in [5.74, 6) is 0.578. The second-order valence-electron chi connectivity index (χ2n) is 7.02. The van der Waals surface area contributed by atoms with E-state index < -0.39 is 14.4 Å². The summed E-state index contributed by atoms with van der Waals surface area (Å²) in [6.07, 6.45) is -0.672. The number of ether oxygens (including phenoxy) is 1. The molecule has 0 bridgehead atoms. The maximum absolute atomic E-state index is 10.1. The average Bonchev–Trinajstić information content (AvgIpc) is 2.40. The van der Waals surface area contributed by atoms with E-state index in [9.17, 15) is 5.11 Å². The highest BCUT2D eigenvalue weighted by Crippen LogP contribution is 2.36. The molecule has 22 heavy (non-hydrogen) atoms. The van der Waals surface area contributed by atoms with Crippen molar-refractivity contribution in [1.29, 1.82) is 0 Å². The van der Waals surface area contributed by atoms with Gasteiger partial charge >= 0.3 is 0 Å². The summed E-state index contributed by atoms with van der Waals surface area (Å²) in [4.78, 5) is 0. The predicted octanol–water partition coefficient (Wildman–Crippen LogP) is 5.17. The first kappa shape index (κ1) is 20.0. The fraction of sp³-hybridized carbons (Fsp3) is 0.625. The Morgan fingerprint density at radius 3 is 2.41 bits per heavy atom. The molecule has 0 unspecified atom stereocenters. The first-order valence-corrected chi connectivity index (χ1v) is 11.4. The van der Waals surface area contributed by atoms with Crippen LogP contribution in [0, 0.1) is 6.92 Å². The van der Waals surface area contributed by atoms with Crippen molar-refractivity contribution in [1.82, 2.24) is 0 Å². The zero-order valence-corrected chi connectivity index (χ0v) is 17.5. The monoisotopic (exact) mass is 408 g/mol. The third-order valence-electron chi connectivity index (χ3n) is 4.16. The summed E-state index contributed by atoms with van der Waals surface area (Å²) in [7, 11) is -1.85. The summed E-state index contributed by atoms with van der Waals surface area (Å²) in [5.41, 5.74) is 0.922. The molecular formula is C16H26BrClO3Si. The Kier molecular flexibility index (Phi) is 6.96. The molecule has 1 aromatic carbocycles. The number of hydrogen-bond acceptors (Lipinski definition) is 3. The first-order chi connectivity index (χ1) is 9.95. The Bertz CT molecular complexity index is 515. The van der Waals surface area contributed by atoms with Gasteiger partial charge in [0.05, 0.1) is 11.6 Å². The summed E-state index contributed by atoms with van der Waals surface area (Å²) in [5, 5.41) is 10.8. The van der Waals surface area contributed by atoms with Crippen LogP contribution in [0.5, 0.6) is 5.75 Å². The Labute approximate surface area is 148 Å². The van der Waals surface area contributed by atoms with Gasteiger partial charge in [-0.3, -0.25) is 0 Å². The third kappa shape index (κ3) is 5.23. The molecule has 3 nitrogen and oxygen atoms in total. The molecule has 0 aliphatic carbocycles. The standard InChI is InChI=1S/C16H26BrClO3Si/c1-11-13(17)7-8-14(15(11)18)20-9-12(19)10-21-22(5,6)16(2,3)4/h7-8,12,19H,9-10H2,1-6H3/t12-/m0/s1. The number of rotatable bonds is 6. The molecule has 1 atom stereocenters. The van der Waals surface area contributed by atoms with Crippen LogP contribution in [0.3, 0.4) is 0 Å². The summed E-state index contributed by atoms with van der Waals surface area (Å²) < 4.78 is 12.5. The number of halogens is 2. The van der Waals surface area contributed by atoms with Crippen LogP contribution in [0.25, 0.3) is 0 Å². The molecule has 0 spiro atoms. The summed E-state index contributed by atoms with van der Waals surface area (Å²) >= 11 is 9.65. The van der Waals surface area contributed by atoms with E-state index in [2.05, 4.69) is 49.8 Å². The molecule has 1 N–H and O–H groups in total. The van der Waals surface area contributed by atoms with Crippen LogP contribution in [0.1, 0.15) is 26.3 Å². The van der Waals surface area contributed by atoms with Crippen molar-refractivity contribution in [3.63, 3.8) is 0 Å². The van der Waals surface area contributed by atoms with E-state index in [0.29, 0.717) is 10.8 Å². The molecule has 0 aliphatic heterocycles. The molecule has 0 heterocycles. The first-order valence-electron chi connectivity index (χ1n) is 7.35. The lowest BCUT2D eigenvalue weighted by molar-refractivity contribution is 0.0576. The number of aliphatic hydroxyl groups excluding tert-OH is 1. The largest absolute Gasteiger partial charge is 0.489 e. The molecular weight excluding hydrogens is 384 g/mol. The highest BCUT2D eigenvalue weighted by atomic mass is 79.9. The summed E-state index contributed by atoms with van der Waals surface area (Å²) in [6, 6.07) is 3.68. The lowest BCUT2D eigenvalue weighted by Gasteiger charge is -2.36. The average molecular weight is 410 g/mol. The SMILES string of the molecule is Cc1c(Br)ccc(OC[C@H](O)CO[Si](C)(C)C(C)(C)C)c1Cl. The minimum absolute atomic E-state index is 0.125. The Morgan fingerprint density at radius 2 is 1.86 bits per heavy atom. The van der Waals surface area contributed by atoms with Crippen molar-refractivity contribution in [3.8, 4) is 5.75 Å². The predicted molar refractivity (Wildman–Crippen MR) is 98.5 cm³/mol. The lowest BCUT2D eigenvalue weighted by Crippen LogP contribution is -2.43. The van der Waals surface area contributed by atoms with E-state index in [4.69, 9.17) is 20.8 Å². The fourth-order valence-corrected chi connectivity index (χ4v) is 3.21. The molecule has 0 amide bonds. The molecule has 0 aromatic heterocycles. The third-order valence-corrected chi connectivity index (χ3v) is 9.99. The summed E-state index contributed by atoms with van der Waals surface area (Å²) in [6.45, 7) is 13.2. The smallest absolute Gasteiger partial charge is 0.192 e. The number of aliphatic hydroxyl groups is 1. The molecule has 0 aliphatic rings. The highest BCUT2D eigenvalue weighted by molar-refractivity contribution is 9.10. The second kappa shape index (κ2) is 7.66. The van der Waals surface area contributed by atoms with Gasteiger partial charge in [-0.25, -0.2) is 0 Å². The van der Waals surface area contributed by atoms with E-state index in [1.165, 1.54) is 0 Å². The van der Waals surface area contributed by atoms with Crippen molar-refractivity contribution in [2.75, 3.05) is 13.2 Å². The fourth-order valence-electron chi connectivity index (χ4n) is 1.50. The minimum atomic E-state index is -1.85. The van der Waals surface area contributed by atoms with Gasteiger partial charge in [0.25, 0.3) is 0 Å². The minimum Gasteiger partial charge on any atom is -0.489 e. The van der Waals surface area contributed by atoms with Gasteiger partial charge in [-0.2, -0.15) is 0 Å². The van der Waals surface area contributed by atoms with Crippen LogP contribution in [0.4, 0.5) is 0 Å². The van der Waals surface area contributed by atoms with Gasteiger partial charge in [0.2, 0.25) is 0 Å². The van der Waals surface area contributed by atoms with Crippen molar-refractivity contribution < 1.29 is 14.3 Å². The zero-order valence-electron chi connectivity index (χ0n) is 14.2. The molecule has 0 radical (unpaired) electrons. The van der Waals surface area contributed by atoms with Gasteiger partial charge in [-0.1, -0.05) is 48.3 Å². The molecule has 0 fully saturated rings. The van der Waals surface area contributed by atoms with Crippen LogP contribution >= 0.6 is 27.5 Å². The maximum Gasteiger partial charge on any atom is 0.192 e. The van der Waals surface area contributed by atoms with E-state index in [-0.39, 0.29) is 18.3 Å². The second-order valence-corrected chi connectivity index (χ2v) is 13.1. The van der Waals surface area contributed by atoms with Crippen LogP contribution in [-0.4, -0.2) is 32.7 Å². The van der Waals surface area contributed by atoms with E-state index in [1.807, 2.05) is 13.0 Å². The van der Waals surface area contributed by atoms with Crippen molar-refractivity contribution in [2.24, 2.45) is 0 Å². The van der Waals surface area contributed by atoms with Crippen LogP contribution in [0.15, 0.2) is 16.6 Å². The normalized spacial score (nSPS) is 14.0. The molecule has 0 saturated heterocycles. The van der Waals surface area contributed by atoms with Crippen LogP contribution in [0.2, 0.25) is 23.2 Å². The van der Waals surface area contributed by atoms with Gasteiger partial charge in [0.1, 0.15) is 18.5 Å². The molecule has 1 rings (SSSR count). The van der Waals surface area contributed by atoms with Gasteiger partial charge in [0.15, 0.2) is 8.32 Å². The molecule has 6 heteroatoms. The van der Waals surface area contributed by atoms with Gasteiger partial charge in [0, 0.05) is 4.47 Å². The molecule has 0 saturated carbocycles. The molecule has 1 aromatic rings. The van der Waals surface area contributed by atoms with Gasteiger partial charge < -0.3 is 14.3 Å². The Hall–Kier alpha value is -0.0731. The number of benzene rings is 1. The Balaban J connectivity index is 2.54. The highest BCUT2D eigenvalue weighted by Gasteiger charge is 2.37. The Morgan fingerprint density at radius 1 is 1.27 bits per heavy atom. The zero-order chi connectivity index (χ0) is 17.1. The van der Waals surface area contributed by atoms with Gasteiger partial charge in [-0.05, 0) is 42.8 Å². The van der Waals surface area contributed by atoms with Crippen molar-refractivity contribution in [3.05, 3.63) is 27.2 Å². The van der Waals surface area contributed by atoms with Crippen molar-refractivity contribution >= 4 is 35.8 Å². The molecule has 126 valence electrons. The van der Waals surface area contributed by atoms with E-state index >= 15 is 0 Å². The van der Waals surface area contributed by atoms with Crippen molar-refractivity contribution in [2.45, 2.75) is 51.9 Å². The lowest BCUT2D eigenvalue weighted by atomic mass is 10.2. The quantitative estimate of drug-likeness (QED) is 0.658. The van der Waals surface area contributed by atoms with Crippen LogP contribution < -0.4 is 4.74 Å². The van der Waals surface area contributed by atoms with Crippen LogP contribution in [-0.2, 0) is 4.43 Å². The maximum atomic E-state index is 10.1. The number of hydrogen-bond donors (Lipinski definition) is 1. The van der Waals surface area contributed by atoms with E-state index in [0.717, 1.165) is 10.0 Å². The van der Waals surface area contributed by atoms with Gasteiger partial charge in [-0.15, -0.1) is 0 Å².